The second-order valence-corrected chi connectivity index (χ2v) is 5.18. The quantitative estimate of drug-likeness (QED) is 0.841. The van der Waals surface area contributed by atoms with E-state index in [0.717, 1.165) is 0 Å². The molecule has 0 heterocycles. The lowest BCUT2D eigenvalue weighted by Gasteiger charge is -2.13. The summed E-state index contributed by atoms with van der Waals surface area (Å²) in [6, 6.07) is 4.10. The third-order valence-electron chi connectivity index (χ3n) is 2.90. The Labute approximate surface area is 113 Å². The third kappa shape index (κ3) is 2.97. The second-order valence-electron chi connectivity index (χ2n) is 4.27. The lowest BCUT2D eigenvalue weighted by molar-refractivity contribution is 0.0937. The van der Waals surface area contributed by atoms with Gasteiger partial charge in [-0.2, -0.15) is 0 Å². The van der Waals surface area contributed by atoms with E-state index >= 15 is 0 Å². The molecule has 0 unspecified atom stereocenters. The molecule has 3 nitrogen and oxygen atoms in total. The van der Waals surface area contributed by atoms with Crippen LogP contribution in [0.1, 0.15) is 16.8 Å². The van der Waals surface area contributed by atoms with Gasteiger partial charge >= 0.3 is 0 Å². The van der Waals surface area contributed by atoms with E-state index in [1.807, 2.05) is 12.2 Å². The maximum Gasteiger partial charge on any atom is 0.254 e. The third-order valence-corrected chi connectivity index (χ3v) is 3.39. The van der Waals surface area contributed by atoms with Gasteiger partial charge in [0.15, 0.2) is 0 Å². The van der Waals surface area contributed by atoms with Gasteiger partial charge in [0.1, 0.15) is 5.82 Å². The van der Waals surface area contributed by atoms with E-state index in [2.05, 4.69) is 21.2 Å². The Hall–Kier alpha value is -1.20. The van der Waals surface area contributed by atoms with Crippen molar-refractivity contribution in [1.29, 1.82) is 0 Å². The Balaban J connectivity index is 2.04. The number of aliphatic hydroxyl groups excluding tert-OH is 1. The summed E-state index contributed by atoms with van der Waals surface area (Å²) in [5, 5.41) is 11.7. The van der Waals surface area contributed by atoms with Gasteiger partial charge in [-0.15, -0.1) is 0 Å². The first-order chi connectivity index (χ1) is 8.60. The number of hydrogen-bond donors (Lipinski definition) is 2. The van der Waals surface area contributed by atoms with Gasteiger partial charge in [-0.25, -0.2) is 4.39 Å². The summed E-state index contributed by atoms with van der Waals surface area (Å²) in [6.45, 7) is 0.0636. The van der Waals surface area contributed by atoms with Crippen LogP contribution in [0.15, 0.2) is 34.8 Å². The topological polar surface area (TPSA) is 49.3 Å². The van der Waals surface area contributed by atoms with Gasteiger partial charge in [0.2, 0.25) is 0 Å². The zero-order chi connectivity index (χ0) is 13.1. The first-order valence-electron chi connectivity index (χ1n) is 5.65. The minimum Gasteiger partial charge on any atom is -0.396 e. The molecule has 0 fully saturated rings. The zero-order valence-corrected chi connectivity index (χ0v) is 11.2. The Kier molecular flexibility index (Phi) is 4.14. The van der Waals surface area contributed by atoms with Crippen molar-refractivity contribution in [2.24, 2.45) is 5.92 Å². The van der Waals surface area contributed by atoms with Crippen LogP contribution in [0.3, 0.4) is 0 Å². The van der Waals surface area contributed by atoms with Crippen molar-refractivity contribution in [3.8, 4) is 0 Å². The highest BCUT2D eigenvalue weighted by Crippen LogP contribution is 2.19. The van der Waals surface area contributed by atoms with Gasteiger partial charge in [-0.3, -0.25) is 4.79 Å². The number of carbonyl (C=O) groups excluding carboxylic acids is 1. The molecule has 1 aliphatic rings. The summed E-state index contributed by atoms with van der Waals surface area (Å²) >= 11 is 3.20. The lowest BCUT2D eigenvalue weighted by Crippen LogP contribution is -2.33. The van der Waals surface area contributed by atoms with Gasteiger partial charge in [-0.1, -0.05) is 28.1 Å². The van der Waals surface area contributed by atoms with Crippen molar-refractivity contribution in [2.75, 3.05) is 6.61 Å². The molecule has 1 aromatic carbocycles. The van der Waals surface area contributed by atoms with Crippen molar-refractivity contribution >= 4 is 21.8 Å². The molecule has 18 heavy (non-hydrogen) atoms. The first-order valence-corrected chi connectivity index (χ1v) is 6.44. The smallest absolute Gasteiger partial charge is 0.254 e. The summed E-state index contributed by atoms with van der Waals surface area (Å²) in [7, 11) is 0. The number of rotatable bonds is 3. The number of aliphatic hydroxyl groups is 1. The molecular weight excluding hydrogens is 301 g/mol. The molecule has 1 aliphatic carbocycles. The molecule has 2 N–H and O–H groups in total. The van der Waals surface area contributed by atoms with Gasteiger partial charge in [0, 0.05) is 23.0 Å². The standard InChI is InChI=1S/C13H13BrFNO2/c14-9-2-4-12(15)11(6-9)13(18)16-10-3-1-8(5-10)7-17/h1-4,6,8,10,17H,5,7H2,(H,16,18)/t8-,10+/m0/s1. The van der Waals surface area contributed by atoms with Crippen LogP contribution >= 0.6 is 15.9 Å². The zero-order valence-electron chi connectivity index (χ0n) is 9.57. The Morgan fingerprint density at radius 3 is 2.94 bits per heavy atom. The van der Waals surface area contributed by atoms with Crippen molar-refractivity contribution < 1.29 is 14.3 Å². The average molecular weight is 314 g/mol. The summed E-state index contributed by atoms with van der Waals surface area (Å²) in [5.74, 6) is -0.916. The molecule has 1 amide bonds. The average Bonchev–Trinajstić information content (AvgIpc) is 2.80. The highest BCUT2D eigenvalue weighted by Gasteiger charge is 2.21. The summed E-state index contributed by atoms with van der Waals surface area (Å²) < 4.78 is 14.2. The van der Waals surface area contributed by atoms with Crippen molar-refractivity contribution in [3.63, 3.8) is 0 Å². The highest BCUT2D eigenvalue weighted by molar-refractivity contribution is 9.10. The normalized spacial score (nSPS) is 22.2. The maximum atomic E-state index is 13.5. The SMILES string of the molecule is O=C(N[C@@H]1C=C[C@H](CO)C1)c1cc(Br)ccc1F. The molecule has 1 aromatic rings. The van der Waals surface area contributed by atoms with E-state index in [1.165, 1.54) is 12.1 Å². The monoisotopic (exact) mass is 313 g/mol. The minimum absolute atomic E-state index is 0.0187. The highest BCUT2D eigenvalue weighted by atomic mass is 79.9. The molecular formula is C13H13BrFNO2. The van der Waals surface area contributed by atoms with E-state index < -0.39 is 11.7 Å². The molecule has 0 bridgehead atoms. The van der Waals surface area contributed by atoms with Gasteiger partial charge in [0.05, 0.1) is 5.56 Å². The van der Waals surface area contributed by atoms with Crippen LogP contribution in [-0.4, -0.2) is 23.7 Å². The van der Waals surface area contributed by atoms with E-state index in [1.54, 1.807) is 6.07 Å². The molecule has 0 saturated heterocycles. The van der Waals surface area contributed by atoms with Crippen LogP contribution < -0.4 is 5.32 Å². The van der Waals surface area contributed by atoms with Gasteiger partial charge < -0.3 is 10.4 Å². The molecule has 0 spiro atoms. The van der Waals surface area contributed by atoms with Gasteiger partial charge in [-0.05, 0) is 24.6 Å². The van der Waals surface area contributed by atoms with E-state index in [4.69, 9.17) is 5.11 Å². The summed E-state index contributed by atoms with van der Waals surface area (Å²) in [6.07, 6.45) is 4.34. The molecule has 0 saturated carbocycles. The number of amides is 1. The van der Waals surface area contributed by atoms with Crippen LogP contribution in [-0.2, 0) is 0 Å². The largest absolute Gasteiger partial charge is 0.396 e. The van der Waals surface area contributed by atoms with Crippen molar-refractivity contribution in [2.45, 2.75) is 12.5 Å². The number of carbonyl (C=O) groups is 1. The maximum absolute atomic E-state index is 13.5. The molecule has 0 aliphatic heterocycles. The van der Waals surface area contributed by atoms with Crippen LogP contribution in [0, 0.1) is 11.7 Å². The molecule has 0 radical (unpaired) electrons. The predicted molar refractivity (Wildman–Crippen MR) is 69.7 cm³/mol. The van der Waals surface area contributed by atoms with Crippen LogP contribution in [0.2, 0.25) is 0 Å². The number of nitrogens with one attached hydrogen (secondary N) is 1. The van der Waals surface area contributed by atoms with E-state index in [9.17, 15) is 9.18 Å². The predicted octanol–water partition coefficient (Wildman–Crippen LogP) is 2.25. The van der Waals surface area contributed by atoms with Crippen molar-refractivity contribution in [3.05, 3.63) is 46.2 Å². The molecule has 0 aromatic heterocycles. The van der Waals surface area contributed by atoms with E-state index in [-0.39, 0.29) is 24.1 Å². The Morgan fingerprint density at radius 2 is 2.28 bits per heavy atom. The molecule has 2 rings (SSSR count). The minimum atomic E-state index is -0.545. The van der Waals surface area contributed by atoms with E-state index in [0.29, 0.717) is 10.9 Å². The number of halogens is 2. The van der Waals surface area contributed by atoms with Crippen LogP contribution in [0.4, 0.5) is 4.39 Å². The Bertz CT molecular complexity index is 490. The first kappa shape index (κ1) is 13.2. The summed E-state index contributed by atoms with van der Waals surface area (Å²) in [5.41, 5.74) is 0.0187. The molecule has 96 valence electrons. The second kappa shape index (κ2) is 5.63. The van der Waals surface area contributed by atoms with Crippen LogP contribution in [0.25, 0.3) is 0 Å². The summed E-state index contributed by atoms with van der Waals surface area (Å²) in [4.78, 5) is 11.9. The molecule has 5 heteroatoms. The fourth-order valence-electron chi connectivity index (χ4n) is 1.93. The molecule has 2 atom stereocenters. The fraction of sp³-hybridized carbons (Fsp3) is 0.308. The van der Waals surface area contributed by atoms with Crippen LogP contribution in [0.5, 0.6) is 0 Å². The number of benzene rings is 1. The Morgan fingerprint density at radius 1 is 1.50 bits per heavy atom. The van der Waals surface area contributed by atoms with Crippen molar-refractivity contribution in [1.82, 2.24) is 5.32 Å². The number of hydrogen-bond acceptors (Lipinski definition) is 2. The fourth-order valence-corrected chi connectivity index (χ4v) is 2.30. The van der Waals surface area contributed by atoms with Gasteiger partial charge in [0.25, 0.3) is 5.91 Å². The lowest BCUT2D eigenvalue weighted by atomic mass is 10.1.